The minimum atomic E-state index is -0.919. The van der Waals surface area contributed by atoms with Gasteiger partial charge in [0.25, 0.3) is 11.5 Å². The maximum absolute atomic E-state index is 14.1. The summed E-state index contributed by atoms with van der Waals surface area (Å²) >= 11 is 10.8. The lowest BCUT2D eigenvalue weighted by molar-refractivity contribution is -0.139. The van der Waals surface area contributed by atoms with Gasteiger partial charge in [-0.3, -0.25) is 14.2 Å². The molecule has 9 nitrogen and oxygen atoms in total. The van der Waals surface area contributed by atoms with Gasteiger partial charge in [0.2, 0.25) is 0 Å². The van der Waals surface area contributed by atoms with E-state index in [1.54, 1.807) is 44.2 Å². The lowest BCUT2D eigenvalue weighted by Gasteiger charge is -2.26. The first kappa shape index (κ1) is 26.2. The van der Waals surface area contributed by atoms with Crippen LogP contribution in [0.25, 0.3) is 5.57 Å². The van der Waals surface area contributed by atoms with Gasteiger partial charge in [-0.1, -0.05) is 38.9 Å². The first-order chi connectivity index (χ1) is 18.2. The fourth-order valence-electron chi connectivity index (χ4n) is 4.58. The topological polar surface area (TPSA) is 108 Å². The number of nitrogens with one attached hydrogen (secondary N) is 1. The van der Waals surface area contributed by atoms with Crippen molar-refractivity contribution >= 4 is 62.0 Å². The number of allylic oxidation sites excluding steroid dienone is 1. The van der Waals surface area contributed by atoms with Gasteiger partial charge in [0, 0.05) is 20.7 Å². The Bertz CT molecular complexity index is 1740. The Morgan fingerprint density at radius 2 is 1.89 bits per heavy atom. The average Bonchev–Trinajstić information content (AvgIpc) is 3.37. The summed E-state index contributed by atoms with van der Waals surface area (Å²) < 4.78 is 18.4. The van der Waals surface area contributed by atoms with E-state index in [0.717, 1.165) is 11.3 Å². The SMILES string of the molecule is CCOC(=O)C1=C(C)N=c2s/c(=C3\C(=O)Nc4ccc(Cl)cc43)c(=O)n2[C@@H]1c1cc(OC)c(OC)cc1Br. The normalized spacial score (nSPS) is 17.4. The highest BCUT2D eigenvalue weighted by atomic mass is 79.9. The molecule has 196 valence electrons. The van der Waals surface area contributed by atoms with Gasteiger partial charge in [-0.15, -0.1) is 0 Å². The number of thiazole rings is 1. The molecule has 5 rings (SSSR count). The Morgan fingerprint density at radius 1 is 1.18 bits per heavy atom. The number of rotatable bonds is 5. The van der Waals surface area contributed by atoms with Crippen LogP contribution in [0.4, 0.5) is 5.69 Å². The van der Waals surface area contributed by atoms with Crippen molar-refractivity contribution in [1.29, 1.82) is 0 Å². The number of anilines is 1. The fourth-order valence-corrected chi connectivity index (χ4v) is 6.43. The number of benzene rings is 2. The summed E-state index contributed by atoms with van der Waals surface area (Å²) in [5, 5.41) is 3.21. The molecule has 0 saturated heterocycles. The molecule has 1 aromatic heterocycles. The summed E-state index contributed by atoms with van der Waals surface area (Å²) in [5.41, 5.74) is 1.95. The molecular formula is C26H21BrClN3O6S. The Hall–Kier alpha value is -3.41. The van der Waals surface area contributed by atoms with Crippen LogP contribution in [0, 0.1) is 0 Å². The number of halogens is 2. The zero-order valence-corrected chi connectivity index (χ0v) is 23.8. The highest BCUT2D eigenvalue weighted by molar-refractivity contribution is 9.10. The predicted octanol–water partition coefficient (Wildman–Crippen LogP) is 3.55. The van der Waals surface area contributed by atoms with Crippen LogP contribution in [-0.4, -0.2) is 37.3 Å². The molecule has 0 spiro atoms. The summed E-state index contributed by atoms with van der Waals surface area (Å²) in [4.78, 5) is 45.2. The van der Waals surface area contributed by atoms with Crippen molar-refractivity contribution in [2.24, 2.45) is 4.99 Å². The van der Waals surface area contributed by atoms with Crippen LogP contribution >= 0.6 is 38.9 Å². The van der Waals surface area contributed by atoms with E-state index in [-0.39, 0.29) is 22.3 Å². The zero-order valence-electron chi connectivity index (χ0n) is 20.7. The minimum absolute atomic E-state index is 0.141. The lowest BCUT2D eigenvalue weighted by Crippen LogP contribution is -2.40. The number of hydrogen-bond donors (Lipinski definition) is 1. The minimum Gasteiger partial charge on any atom is -0.493 e. The molecule has 0 unspecified atom stereocenters. The molecule has 1 amide bonds. The van der Waals surface area contributed by atoms with E-state index in [2.05, 4.69) is 26.2 Å². The van der Waals surface area contributed by atoms with Gasteiger partial charge in [0.05, 0.1) is 43.7 Å². The summed E-state index contributed by atoms with van der Waals surface area (Å²) in [6.07, 6.45) is 0. The van der Waals surface area contributed by atoms with Crippen molar-refractivity contribution in [1.82, 2.24) is 4.57 Å². The van der Waals surface area contributed by atoms with Crippen LogP contribution in [-0.2, 0) is 14.3 Å². The van der Waals surface area contributed by atoms with Gasteiger partial charge < -0.3 is 19.5 Å². The summed E-state index contributed by atoms with van der Waals surface area (Å²) in [6.45, 7) is 3.53. The number of nitrogens with zero attached hydrogens (tertiary/aromatic N) is 2. The Balaban J connectivity index is 1.85. The molecule has 38 heavy (non-hydrogen) atoms. The van der Waals surface area contributed by atoms with Gasteiger partial charge in [-0.05, 0) is 49.7 Å². The molecule has 2 aromatic carbocycles. The Labute approximate surface area is 234 Å². The monoisotopic (exact) mass is 617 g/mol. The first-order valence-electron chi connectivity index (χ1n) is 11.4. The molecule has 0 saturated carbocycles. The van der Waals surface area contributed by atoms with E-state index in [1.807, 2.05) is 0 Å². The fraction of sp³-hybridized carbons (Fsp3) is 0.231. The molecule has 0 fully saturated rings. The van der Waals surface area contributed by atoms with Crippen LogP contribution < -0.4 is 29.7 Å². The Kier molecular flexibility index (Phi) is 6.93. The first-order valence-corrected chi connectivity index (χ1v) is 13.4. The number of fused-ring (bicyclic) bond motifs is 2. The number of amides is 1. The van der Waals surface area contributed by atoms with Gasteiger partial charge in [0.15, 0.2) is 16.3 Å². The van der Waals surface area contributed by atoms with Crippen LogP contribution in [0.2, 0.25) is 5.02 Å². The summed E-state index contributed by atoms with van der Waals surface area (Å²) in [5.74, 6) is -0.147. The highest BCUT2D eigenvalue weighted by Gasteiger charge is 2.36. The van der Waals surface area contributed by atoms with Crippen molar-refractivity contribution < 1.29 is 23.8 Å². The van der Waals surface area contributed by atoms with Gasteiger partial charge in [-0.25, -0.2) is 9.79 Å². The molecule has 2 aliphatic rings. The molecule has 0 bridgehead atoms. The van der Waals surface area contributed by atoms with Crippen molar-refractivity contribution in [3.63, 3.8) is 0 Å². The second-order valence-electron chi connectivity index (χ2n) is 8.37. The maximum atomic E-state index is 14.1. The lowest BCUT2D eigenvalue weighted by atomic mass is 9.95. The van der Waals surface area contributed by atoms with Crippen LogP contribution in [0.1, 0.15) is 31.0 Å². The van der Waals surface area contributed by atoms with Crippen molar-refractivity contribution in [2.75, 3.05) is 26.1 Å². The van der Waals surface area contributed by atoms with Gasteiger partial charge >= 0.3 is 5.97 Å². The number of hydrogen-bond acceptors (Lipinski definition) is 8. The largest absolute Gasteiger partial charge is 0.493 e. The molecule has 12 heteroatoms. The zero-order chi connectivity index (χ0) is 27.3. The molecule has 1 N–H and O–H groups in total. The second-order valence-corrected chi connectivity index (χ2v) is 10.6. The molecule has 3 aromatic rings. The van der Waals surface area contributed by atoms with E-state index >= 15 is 0 Å². The van der Waals surface area contributed by atoms with E-state index in [4.69, 9.17) is 25.8 Å². The average molecular weight is 619 g/mol. The van der Waals surface area contributed by atoms with Crippen molar-refractivity contribution in [2.45, 2.75) is 19.9 Å². The molecular weight excluding hydrogens is 598 g/mol. The van der Waals surface area contributed by atoms with Gasteiger partial charge in [-0.2, -0.15) is 0 Å². The molecule has 2 aliphatic heterocycles. The van der Waals surface area contributed by atoms with Crippen LogP contribution in [0.15, 0.2) is 55.9 Å². The quantitative estimate of drug-likeness (QED) is 0.439. The van der Waals surface area contributed by atoms with Crippen molar-refractivity contribution in [3.8, 4) is 11.5 Å². The molecule has 0 aliphatic carbocycles. The summed E-state index contributed by atoms with van der Waals surface area (Å²) in [6, 6.07) is 7.47. The van der Waals surface area contributed by atoms with E-state index in [9.17, 15) is 14.4 Å². The number of carbonyl (C=O) groups is 2. The third-order valence-electron chi connectivity index (χ3n) is 6.24. The third-order valence-corrected chi connectivity index (χ3v) is 8.22. The number of methoxy groups -OCH3 is 2. The van der Waals surface area contributed by atoms with Crippen molar-refractivity contribution in [3.05, 3.63) is 81.9 Å². The van der Waals surface area contributed by atoms with E-state index in [0.29, 0.717) is 48.3 Å². The number of aromatic nitrogens is 1. The standard InChI is InChI=1S/C26H21BrClN3O6S/c1-5-37-25(34)19-11(2)29-26-31(21(19)13-9-17(35-3)18(36-4)10-15(13)27)24(33)22(38-26)20-14-8-12(28)6-7-16(14)30-23(20)32/h6-10,21H,5H2,1-4H3,(H,30,32)/b22-20-/t21-/m1/s1. The highest BCUT2D eigenvalue weighted by Crippen LogP contribution is 2.41. The van der Waals surface area contributed by atoms with E-state index in [1.165, 1.54) is 18.8 Å². The number of ether oxygens (including phenoxy) is 3. The molecule has 0 radical (unpaired) electrons. The van der Waals surface area contributed by atoms with Crippen LogP contribution in [0.3, 0.4) is 0 Å². The molecule has 3 heterocycles. The second kappa shape index (κ2) is 10.0. The smallest absolute Gasteiger partial charge is 0.338 e. The number of esters is 1. The number of carbonyl (C=O) groups excluding carboxylic acids is 2. The van der Waals surface area contributed by atoms with E-state index < -0.39 is 23.5 Å². The maximum Gasteiger partial charge on any atom is 0.338 e. The third kappa shape index (κ3) is 4.14. The predicted molar refractivity (Wildman–Crippen MR) is 147 cm³/mol. The molecule has 1 atom stereocenters. The van der Waals surface area contributed by atoms with Gasteiger partial charge in [0.1, 0.15) is 4.53 Å². The van der Waals surface area contributed by atoms with Crippen LogP contribution in [0.5, 0.6) is 11.5 Å². The summed E-state index contributed by atoms with van der Waals surface area (Å²) in [7, 11) is 3.01. The Morgan fingerprint density at radius 3 is 2.58 bits per heavy atom.